The van der Waals surface area contributed by atoms with Gasteiger partial charge in [-0.1, -0.05) is 0 Å². The molecular weight excluding hydrogens is 203 g/mol. The Morgan fingerprint density at radius 1 is 1.21 bits per heavy atom. The highest BCUT2D eigenvalue weighted by molar-refractivity contribution is 7.51. The molecule has 0 amide bonds. The summed E-state index contributed by atoms with van der Waals surface area (Å²) in [5.41, 5.74) is 0. The zero-order chi connectivity index (χ0) is 10.4. The van der Waals surface area contributed by atoms with E-state index >= 15 is 0 Å². The minimum Gasteiger partial charge on any atom is -0.324 e. The summed E-state index contributed by atoms with van der Waals surface area (Å²) >= 11 is 0. The molecule has 0 atom stereocenters. The Hall–Kier alpha value is 0.0700. The first-order valence-electron chi connectivity index (χ1n) is 5.05. The summed E-state index contributed by atoms with van der Waals surface area (Å²) in [5, 5.41) is 3.26. The van der Waals surface area contributed by atoms with Crippen molar-refractivity contribution in [2.24, 2.45) is 0 Å². The van der Waals surface area contributed by atoms with E-state index < -0.39 is 7.60 Å². The summed E-state index contributed by atoms with van der Waals surface area (Å²) < 4.78 is 10.6. The third kappa shape index (κ3) is 5.73. The Morgan fingerprint density at radius 3 is 2.43 bits per heavy atom. The SMILES string of the molecule is O=P(O)(O)CCCCN1CCNCC1. The van der Waals surface area contributed by atoms with Crippen LogP contribution in [0.2, 0.25) is 0 Å². The van der Waals surface area contributed by atoms with Crippen LogP contribution >= 0.6 is 7.60 Å². The Bertz CT molecular complexity index is 201. The fourth-order valence-corrected chi connectivity index (χ4v) is 2.22. The monoisotopic (exact) mass is 222 g/mol. The maximum Gasteiger partial charge on any atom is 0.325 e. The number of rotatable bonds is 5. The number of nitrogens with zero attached hydrogens (tertiary/aromatic N) is 1. The first kappa shape index (κ1) is 12.1. The molecule has 0 aromatic carbocycles. The first-order valence-corrected chi connectivity index (χ1v) is 6.85. The number of nitrogens with one attached hydrogen (secondary N) is 1. The van der Waals surface area contributed by atoms with E-state index in [9.17, 15) is 4.57 Å². The van der Waals surface area contributed by atoms with Crippen LogP contribution in [0.15, 0.2) is 0 Å². The second-order valence-electron chi connectivity index (χ2n) is 3.69. The van der Waals surface area contributed by atoms with E-state index in [0.717, 1.165) is 39.1 Å². The molecule has 1 aliphatic heterocycles. The topological polar surface area (TPSA) is 72.8 Å². The van der Waals surface area contributed by atoms with Gasteiger partial charge < -0.3 is 20.0 Å². The summed E-state index contributed by atoms with van der Waals surface area (Å²) in [5.74, 6) is 0. The van der Waals surface area contributed by atoms with Gasteiger partial charge in [-0.15, -0.1) is 0 Å². The van der Waals surface area contributed by atoms with Gasteiger partial charge in [-0.3, -0.25) is 4.57 Å². The van der Waals surface area contributed by atoms with E-state index in [4.69, 9.17) is 9.79 Å². The van der Waals surface area contributed by atoms with E-state index in [0.29, 0.717) is 6.42 Å². The first-order chi connectivity index (χ1) is 6.58. The predicted octanol–water partition coefficient (Wildman–Crippen LogP) is -0.150. The maximum absolute atomic E-state index is 10.6. The standard InChI is InChI=1S/C8H19N2O3P/c11-14(12,13)8-2-1-5-10-6-3-9-4-7-10/h9H,1-8H2,(H2,11,12,13). The minimum absolute atomic E-state index is 0.0269. The lowest BCUT2D eigenvalue weighted by molar-refractivity contribution is 0.237. The van der Waals surface area contributed by atoms with Crippen molar-refractivity contribution in [3.8, 4) is 0 Å². The summed E-state index contributed by atoms with van der Waals surface area (Å²) in [4.78, 5) is 19.6. The second kappa shape index (κ2) is 5.83. The molecule has 14 heavy (non-hydrogen) atoms. The van der Waals surface area contributed by atoms with Crippen molar-refractivity contribution in [1.29, 1.82) is 0 Å². The summed E-state index contributed by atoms with van der Waals surface area (Å²) in [6.45, 7) is 5.12. The molecule has 5 nitrogen and oxygen atoms in total. The average molecular weight is 222 g/mol. The molecule has 1 fully saturated rings. The second-order valence-corrected chi connectivity index (χ2v) is 5.46. The van der Waals surface area contributed by atoms with Gasteiger partial charge in [0.15, 0.2) is 0 Å². The molecule has 0 spiro atoms. The van der Waals surface area contributed by atoms with Crippen molar-refractivity contribution in [2.45, 2.75) is 12.8 Å². The lowest BCUT2D eigenvalue weighted by Crippen LogP contribution is -2.43. The van der Waals surface area contributed by atoms with E-state index in [2.05, 4.69) is 10.2 Å². The quantitative estimate of drug-likeness (QED) is 0.445. The van der Waals surface area contributed by atoms with Gasteiger partial charge in [0.25, 0.3) is 0 Å². The van der Waals surface area contributed by atoms with Crippen LogP contribution < -0.4 is 5.32 Å². The highest BCUT2D eigenvalue weighted by atomic mass is 31.2. The molecule has 0 unspecified atom stereocenters. The van der Waals surface area contributed by atoms with Crippen molar-refractivity contribution in [3.05, 3.63) is 0 Å². The molecule has 84 valence electrons. The molecular formula is C8H19N2O3P. The van der Waals surface area contributed by atoms with Crippen LogP contribution in [0, 0.1) is 0 Å². The van der Waals surface area contributed by atoms with E-state index in [1.165, 1.54) is 0 Å². The molecule has 0 radical (unpaired) electrons. The van der Waals surface area contributed by atoms with Gasteiger partial charge >= 0.3 is 7.60 Å². The van der Waals surface area contributed by atoms with Crippen LogP contribution in [0.1, 0.15) is 12.8 Å². The van der Waals surface area contributed by atoms with Crippen molar-refractivity contribution in [1.82, 2.24) is 10.2 Å². The molecule has 3 N–H and O–H groups in total. The van der Waals surface area contributed by atoms with Crippen molar-refractivity contribution < 1.29 is 14.4 Å². The molecule has 0 aromatic rings. The maximum atomic E-state index is 10.6. The van der Waals surface area contributed by atoms with Crippen LogP contribution in [-0.2, 0) is 4.57 Å². The van der Waals surface area contributed by atoms with E-state index in [-0.39, 0.29) is 6.16 Å². The van der Waals surface area contributed by atoms with Crippen LogP contribution in [0.25, 0.3) is 0 Å². The van der Waals surface area contributed by atoms with Crippen molar-refractivity contribution >= 4 is 7.60 Å². The van der Waals surface area contributed by atoms with Crippen LogP contribution in [0.5, 0.6) is 0 Å². The smallest absolute Gasteiger partial charge is 0.324 e. The van der Waals surface area contributed by atoms with Crippen LogP contribution in [0.3, 0.4) is 0 Å². The molecule has 1 aliphatic rings. The molecule has 1 heterocycles. The average Bonchev–Trinajstić information content (AvgIpc) is 2.13. The number of unbranched alkanes of at least 4 members (excludes halogenated alkanes) is 1. The van der Waals surface area contributed by atoms with Gasteiger partial charge in [0.2, 0.25) is 0 Å². The van der Waals surface area contributed by atoms with Gasteiger partial charge in [0.1, 0.15) is 0 Å². The van der Waals surface area contributed by atoms with Crippen LogP contribution in [0.4, 0.5) is 0 Å². The van der Waals surface area contributed by atoms with Gasteiger partial charge in [-0.05, 0) is 19.4 Å². The molecule has 0 bridgehead atoms. The Balaban J connectivity index is 2.00. The van der Waals surface area contributed by atoms with Crippen molar-refractivity contribution in [3.63, 3.8) is 0 Å². The van der Waals surface area contributed by atoms with Crippen molar-refractivity contribution in [2.75, 3.05) is 38.9 Å². The van der Waals surface area contributed by atoms with Gasteiger partial charge in [-0.25, -0.2) is 0 Å². The number of hydrogen-bond donors (Lipinski definition) is 3. The minimum atomic E-state index is -3.77. The Morgan fingerprint density at radius 2 is 1.86 bits per heavy atom. The Labute approximate surface area is 84.6 Å². The third-order valence-corrected chi connectivity index (χ3v) is 3.28. The summed E-state index contributed by atoms with van der Waals surface area (Å²) in [6, 6.07) is 0. The molecule has 0 aromatic heterocycles. The van der Waals surface area contributed by atoms with Gasteiger partial charge in [0.05, 0.1) is 0 Å². The molecule has 0 aliphatic carbocycles. The van der Waals surface area contributed by atoms with Gasteiger partial charge in [0, 0.05) is 32.3 Å². The highest BCUT2D eigenvalue weighted by Crippen LogP contribution is 2.35. The molecule has 6 heteroatoms. The number of piperazine rings is 1. The largest absolute Gasteiger partial charge is 0.325 e. The predicted molar refractivity (Wildman–Crippen MR) is 55.5 cm³/mol. The molecule has 1 rings (SSSR count). The van der Waals surface area contributed by atoms with E-state index in [1.54, 1.807) is 0 Å². The summed E-state index contributed by atoms with van der Waals surface area (Å²) in [6.07, 6.45) is 1.53. The Kier molecular flexibility index (Phi) is 5.06. The van der Waals surface area contributed by atoms with Gasteiger partial charge in [-0.2, -0.15) is 0 Å². The summed E-state index contributed by atoms with van der Waals surface area (Å²) in [7, 11) is -3.77. The normalized spacial score (nSPS) is 19.9. The lowest BCUT2D eigenvalue weighted by Gasteiger charge is -2.26. The zero-order valence-electron chi connectivity index (χ0n) is 8.35. The zero-order valence-corrected chi connectivity index (χ0v) is 9.25. The highest BCUT2D eigenvalue weighted by Gasteiger charge is 2.13. The molecule has 0 saturated carbocycles. The van der Waals surface area contributed by atoms with Crippen LogP contribution in [-0.4, -0.2) is 53.6 Å². The fourth-order valence-electron chi connectivity index (χ4n) is 1.59. The number of hydrogen-bond acceptors (Lipinski definition) is 3. The van der Waals surface area contributed by atoms with E-state index in [1.807, 2.05) is 0 Å². The third-order valence-electron chi connectivity index (χ3n) is 2.38. The molecule has 1 saturated heterocycles. The fraction of sp³-hybridized carbons (Fsp3) is 1.00. The lowest BCUT2D eigenvalue weighted by atomic mass is 10.3.